The van der Waals surface area contributed by atoms with Crippen molar-refractivity contribution in [2.24, 2.45) is 10.1 Å². The number of aliphatic imine (C=N–C) groups is 1. The third-order valence-electron chi connectivity index (χ3n) is 5.92. The summed E-state index contributed by atoms with van der Waals surface area (Å²) in [6.45, 7) is 2.05. The van der Waals surface area contributed by atoms with Crippen molar-refractivity contribution >= 4 is 51.7 Å². The van der Waals surface area contributed by atoms with Gasteiger partial charge in [-0.1, -0.05) is 95.7 Å². The van der Waals surface area contributed by atoms with E-state index in [-0.39, 0.29) is 24.3 Å². The highest BCUT2D eigenvalue weighted by Crippen LogP contribution is 2.38. The molecule has 2 aliphatic heterocycles. The molecule has 0 saturated heterocycles. The Bertz CT molecular complexity index is 1320. The maximum Gasteiger partial charge on any atom is 0.262 e. The van der Waals surface area contributed by atoms with Crippen LogP contribution in [-0.4, -0.2) is 33.0 Å². The summed E-state index contributed by atoms with van der Waals surface area (Å²) in [7, 11) is 0. The number of hydrazone groups is 1. The van der Waals surface area contributed by atoms with Crippen LogP contribution in [0, 0.1) is 6.92 Å². The first kappa shape index (κ1) is 23.3. The van der Waals surface area contributed by atoms with E-state index in [1.54, 1.807) is 24.3 Å². The van der Waals surface area contributed by atoms with E-state index < -0.39 is 5.25 Å². The first-order chi connectivity index (χ1) is 17.0. The van der Waals surface area contributed by atoms with Gasteiger partial charge < -0.3 is 5.32 Å². The van der Waals surface area contributed by atoms with E-state index >= 15 is 0 Å². The fraction of sp³-hybridized carbons (Fsp3) is 0.185. The van der Waals surface area contributed by atoms with Gasteiger partial charge in [-0.05, 0) is 30.2 Å². The number of amidine groups is 1. The smallest absolute Gasteiger partial charge is 0.262 e. The molecule has 35 heavy (non-hydrogen) atoms. The Morgan fingerprint density at radius 1 is 1.06 bits per heavy atom. The number of benzene rings is 3. The van der Waals surface area contributed by atoms with Gasteiger partial charge in [0, 0.05) is 12.8 Å². The Kier molecular flexibility index (Phi) is 6.70. The lowest BCUT2D eigenvalue weighted by Gasteiger charge is -2.23. The Balaban J connectivity index is 1.35. The number of rotatable bonds is 5. The minimum absolute atomic E-state index is 0.0000996. The van der Waals surface area contributed by atoms with Crippen molar-refractivity contribution in [3.63, 3.8) is 0 Å². The van der Waals surface area contributed by atoms with Gasteiger partial charge in [-0.2, -0.15) is 10.1 Å². The molecule has 5 rings (SSSR count). The normalized spacial score (nSPS) is 19.5. The molecule has 8 heteroatoms. The number of anilines is 1. The summed E-state index contributed by atoms with van der Waals surface area (Å²) in [6, 6.07) is 25.3. The molecule has 2 atom stereocenters. The number of nitrogens with zero attached hydrogens (tertiary/aromatic N) is 3. The minimum atomic E-state index is -0.609. The molecule has 0 fully saturated rings. The summed E-state index contributed by atoms with van der Waals surface area (Å²) in [5.74, 6) is -0.615. The van der Waals surface area contributed by atoms with Gasteiger partial charge in [0.25, 0.3) is 5.91 Å². The lowest BCUT2D eigenvalue weighted by Crippen LogP contribution is -2.25. The maximum atomic E-state index is 12.7. The molecule has 176 valence electrons. The second-order valence-electron chi connectivity index (χ2n) is 8.46. The van der Waals surface area contributed by atoms with E-state index in [0.29, 0.717) is 22.3 Å². The summed E-state index contributed by atoms with van der Waals surface area (Å²) in [4.78, 5) is 29.7. The number of para-hydroxylation sites is 1. The van der Waals surface area contributed by atoms with Gasteiger partial charge in [-0.25, -0.2) is 5.01 Å². The highest BCUT2D eigenvalue weighted by Gasteiger charge is 2.39. The molecule has 2 unspecified atom stereocenters. The van der Waals surface area contributed by atoms with Crippen molar-refractivity contribution in [2.75, 3.05) is 5.32 Å². The van der Waals surface area contributed by atoms with E-state index in [9.17, 15) is 9.59 Å². The van der Waals surface area contributed by atoms with E-state index in [2.05, 4.69) is 53.6 Å². The van der Waals surface area contributed by atoms with Crippen LogP contribution < -0.4 is 5.32 Å². The van der Waals surface area contributed by atoms with Crippen LogP contribution in [0.4, 0.5) is 5.69 Å². The molecule has 6 nitrogen and oxygen atoms in total. The summed E-state index contributed by atoms with van der Waals surface area (Å²) in [5, 5.41) is 9.85. The van der Waals surface area contributed by atoms with Crippen LogP contribution in [0.3, 0.4) is 0 Å². The summed E-state index contributed by atoms with van der Waals surface area (Å²) in [6.07, 6.45) is 0.693. The number of hydrogen-bond donors (Lipinski definition) is 1. The highest BCUT2D eigenvalue weighted by atomic mass is 35.5. The second-order valence-corrected chi connectivity index (χ2v) is 10.0. The Hall–Kier alpha value is -3.42. The Labute approximate surface area is 213 Å². The zero-order valence-corrected chi connectivity index (χ0v) is 20.6. The number of aryl methyl sites for hydroxylation is 1. The molecule has 0 radical (unpaired) electrons. The first-order valence-corrected chi connectivity index (χ1v) is 12.6. The molecule has 2 heterocycles. The summed E-state index contributed by atoms with van der Waals surface area (Å²) in [5.41, 5.74) is 4.78. The standard InChI is InChI=1S/C27H23ClN4O2S/c1-17-11-13-18(14-12-17)22-15-23(19-7-3-2-4-8-19)32(31-22)27-30-26(34)24(35-27)16-25(33)29-21-10-6-5-9-20(21)28/h2-14,23-24H,15-16H2,1H3,(H,29,33). The molecule has 2 amide bonds. The van der Waals surface area contributed by atoms with Gasteiger partial charge in [0.1, 0.15) is 5.25 Å². The SMILES string of the molecule is Cc1ccc(C2=NN(C3=NC(=O)C(CC(=O)Nc4ccccc4Cl)S3)C(c3ccccc3)C2)cc1. The number of halogens is 1. The topological polar surface area (TPSA) is 74.1 Å². The van der Waals surface area contributed by atoms with Crippen LogP contribution in [0.2, 0.25) is 5.02 Å². The lowest BCUT2D eigenvalue weighted by molar-refractivity contribution is -0.121. The van der Waals surface area contributed by atoms with E-state index in [1.165, 1.54) is 17.3 Å². The number of carbonyl (C=O) groups excluding carboxylic acids is 2. The molecule has 0 spiro atoms. The van der Waals surface area contributed by atoms with Crippen LogP contribution in [0.25, 0.3) is 0 Å². The van der Waals surface area contributed by atoms with Crippen molar-refractivity contribution in [1.82, 2.24) is 5.01 Å². The lowest BCUT2D eigenvalue weighted by atomic mass is 9.98. The van der Waals surface area contributed by atoms with Crippen LogP contribution in [0.1, 0.15) is 35.6 Å². The summed E-state index contributed by atoms with van der Waals surface area (Å²) < 4.78 is 0. The molecule has 3 aromatic carbocycles. The van der Waals surface area contributed by atoms with Gasteiger partial charge in [0.05, 0.1) is 22.5 Å². The van der Waals surface area contributed by atoms with Crippen molar-refractivity contribution in [1.29, 1.82) is 0 Å². The average Bonchev–Trinajstić information content (AvgIpc) is 3.46. The van der Waals surface area contributed by atoms with E-state index in [4.69, 9.17) is 16.7 Å². The quantitative estimate of drug-likeness (QED) is 0.476. The third kappa shape index (κ3) is 5.16. The van der Waals surface area contributed by atoms with Crippen molar-refractivity contribution in [3.05, 3.63) is 101 Å². The molecule has 1 N–H and O–H groups in total. The molecule has 2 aliphatic rings. The average molecular weight is 503 g/mol. The van der Waals surface area contributed by atoms with Gasteiger partial charge in [-0.15, -0.1) is 0 Å². The van der Waals surface area contributed by atoms with Crippen molar-refractivity contribution in [3.8, 4) is 0 Å². The molecule has 0 aromatic heterocycles. The first-order valence-electron chi connectivity index (χ1n) is 11.3. The molecule has 0 saturated carbocycles. The molecular formula is C27H23ClN4O2S. The van der Waals surface area contributed by atoms with Crippen molar-refractivity contribution < 1.29 is 9.59 Å². The summed E-state index contributed by atoms with van der Waals surface area (Å²) >= 11 is 7.42. The van der Waals surface area contributed by atoms with Crippen LogP contribution in [-0.2, 0) is 9.59 Å². The van der Waals surface area contributed by atoms with Crippen molar-refractivity contribution in [2.45, 2.75) is 31.1 Å². The fourth-order valence-electron chi connectivity index (χ4n) is 4.08. The van der Waals surface area contributed by atoms with Gasteiger partial charge in [0.2, 0.25) is 5.91 Å². The van der Waals surface area contributed by atoms with Gasteiger partial charge in [-0.3, -0.25) is 9.59 Å². The predicted molar refractivity (Wildman–Crippen MR) is 142 cm³/mol. The number of amides is 2. The van der Waals surface area contributed by atoms with Crippen LogP contribution in [0.15, 0.2) is 89.0 Å². The van der Waals surface area contributed by atoms with E-state index in [1.807, 2.05) is 23.2 Å². The largest absolute Gasteiger partial charge is 0.325 e. The zero-order valence-electron chi connectivity index (χ0n) is 19.0. The fourth-order valence-corrected chi connectivity index (χ4v) is 5.32. The number of thioether (sulfide) groups is 1. The Morgan fingerprint density at radius 3 is 2.51 bits per heavy atom. The second kappa shape index (κ2) is 10.1. The minimum Gasteiger partial charge on any atom is -0.325 e. The number of nitrogens with one attached hydrogen (secondary N) is 1. The van der Waals surface area contributed by atoms with E-state index in [0.717, 1.165) is 16.8 Å². The Morgan fingerprint density at radius 2 is 1.77 bits per heavy atom. The monoisotopic (exact) mass is 502 g/mol. The molecule has 3 aromatic rings. The predicted octanol–water partition coefficient (Wildman–Crippen LogP) is 5.83. The van der Waals surface area contributed by atoms with Crippen LogP contribution >= 0.6 is 23.4 Å². The highest BCUT2D eigenvalue weighted by molar-refractivity contribution is 8.15. The molecule has 0 bridgehead atoms. The van der Waals surface area contributed by atoms with Crippen LogP contribution in [0.5, 0.6) is 0 Å². The number of hydrogen-bond acceptors (Lipinski definition) is 5. The van der Waals surface area contributed by atoms with Gasteiger partial charge in [0.15, 0.2) is 5.17 Å². The zero-order chi connectivity index (χ0) is 24.4. The maximum absolute atomic E-state index is 12.7. The third-order valence-corrected chi connectivity index (χ3v) is 7.39. The number of carbonyl (C=O) groups is 2. The molecule has 0 aliphatic carbocycles. The molecular weight excluding hydrogens is 480 g/mol. The van der Waals surface area contributed by atoms with Gasteiger partial charge >= 0.3 is 0 Å².